The summed E-state index contributed by atoms with van der Waals surface area (Å²) in [6.07, 6.45) is 0. The Bertz CT molecular complexity index is 692. The van der Waals surface area contributed by atoms with Gasteiger partial charge in [-0.25, -0.2) is 9.59 Å². The molecule has 0 amide bonds. The van der Waals surface area contributed by atoms with Crippen molar-refractivity contribution in [3.63, 3.8) is 0 Å². The Morgan fingerprint density at radius 1 is 1.05 bits per heavy atom. The van der Waals surface area contributed by atoms with Crippen LogP contribution in [0, 0.1) is 0 Å². The van der Waals surface area contributed by atoms with Gasteiger partial charge in [0.15, 0.2) is 0 Å². The third-order valence-electron chi connectivity index (χ3n) is 3.11. The van der Waals surface area contributed by atoms with Gasteiger partial charge in [0.05, 0.1) is 18.2 Å². The van der Waals surface area contributed by atoms with Crippen LogP contribution in [-0.2, 0) is 4.74 Å². The van der Waals surface area contributed by atoms with Crippen LogP contribution in [0.1, 0.15) is 20.7 Å². The van der Waals surface area contributed by atoms with Gasteiger partial charge in [0, 0.05) is 19.8 Å². The minimum absolute atomic E-state index is 0.0537. The molecule has 0 unspecified atom stereocenters. The van der Waals surface area contributed by atoms with E-state index in [0.29, 0.717) is 0 Å². The standard InChI is InChI=1S/C15H15NO4/c1-16(2)11-5-4-9-7-12(14(17)18)13(15(19)20-3)8-10(9)6-11/h4-8H,1-3H3,(H,17,18). The van der Waals surface area contributed by atoms with Gasteiger partial charge in [-0.05, 0) is 35.0 Å². The predicted octanol–water partition coefficient (Wildman–Crippen LogP) is 2.39. The number of fused-ring (bicyclic) bond motifs is 1. The zero-order valence-electron chi connectivity index (χ0n) is 11.5. The van der Waals surface area contributed by atoms with Crippen LogP contribution in [0.4, 0.5) is 5.69 Å². The van der Waals surface area contributed by atoms with Gasteiger partial charge in [-0.15, -0.1) is 0 Å². The predicted molar refractivity (Wildman–Crippen MR) is 76.6 cm³/mol. The molecule has 0 bridgehead atoms. The van der Waals surface area contributed by atoms with Crippen LogP contribution in [0.5, 0.6) is 0 Å². The lowest BCUT2D eigenvalue weighted by molar-refractivity contribution is 0.0583. The summed E-state index contributed by atoms with van der Waals surface area (Å²) in [7, 11) is 5.05. The third-order valence-corrected chi connectivity index (χ3v) is 3.11. The van der Waals surface area contributed by atoms with Gasteiger partial charge in [-0.1, -0.05) is 6.07 Å². The zero-order chi connectivity index (χ0) is 14.9. The Morgan fingerprint density at radius 2 is 1.70 bits per heavy atom. The Morgan fingerprint density at radius 3 is 2.25 bits per heavy atom. The van der Waals surface area contributed by atoms with E-state index in [2.05, 4.69) is 4.74 Å². The number of carboxylic acid groups (broad SMARTS) is 1. The maximum atomic E-state index is 11.7. The number of benzene rings is 2. The van der Waals surface area contributed by atoms with E-state index in [4.69, 9.17) is 0 Å². The first-order chi connectivity index (χ1) is 9.43. The smallest absolute Gasteiger partial charge is 0.338 e. The average molecular weight is 273 g/mol. The highest BCUT2D eigenvalue weighted by atomic mass is 16.5. The second-order valence-electron chi connectivity index (χ2n) is 4.62. The third kappa shape index (κ3) is 2.42. The fraction of sp³-hybridized carbons (Fsp3) is 0.200. The van der Waals surface area contributed by atoms with Crippen LogP contribution in [0.25, 0.3) is 10.8 Å². The Hall–Kier alpha value is -2.56. The van der Waals surface area contributed by atoms with Gasteiger partial charge < -0.3 is 14.7 Å². The summed E-state index contributed by atoms with van der Waals surface area (Å²) in [6, 6.07) is 8.67. The Kier molecular flexibility index (Phi) is 3.61. The number of aromatic carboxylic acids is 1. The van der Waals surface area contributed by atoms with Crippen molar-refractivity contribution < 1.29 is 19.4 Å². The lowest BCUT2D eigenvalue weighted by atomic mass is 10.0. The zero-order valence-corrected chi connectivity index (χ0v) is 11.5. The Labute approximate surface area is 116 Å². The summed E-state index contributed by atoms with van der Waals surface area (Å²) in [6.45, 7) is 0. The number of carbonyl (C=O) groups is 2. The number of nitrogens with zero attached hydrogens (tertiary/aromatic N) is 1. The maximum Gasteiger partial charge on any atom is 0.338 e. The molecular formula is C15H15NO4. The molecular weight excluding hydrogens is 258 g/mol. The maximum absolute atomic E-state index is 11.7. The average Bonchev–Trinajstić information content (AvgIpc) is 2.44. The van der Waals surface area contributed by atoms with Gasteiger partial charge in [0.2, 0.25) is 0 Å². The van der Waals surface area contributed by atoms with E-state index in [-0.39, 0.29) is 11.1 Å². The van der Waals surface area contributed by atoms with E-state index in [1.165, 1.54) is 13.2 Å². The lowest BCUT2D eigenvalue weighted by Gasteiger charge is -2.14. The highest BCUT2D eigenvalue weighted by molar-refractivity contribution is 6.07. The van der Waals surface area contributed by atoms with E-state index in [9.17, 15) is 14.7 Å². The monoisotopic (exact) mass is 273 g/mol. The number of carboxylic acids is 1. The topological polar surface area (TPSA) is 66.8 Å². The van der Waals surface area contributed by atoms with Crippen molar-refractivity contribution in [2.24, 2.45) is 0 Å². The minimum atomic E-state index is -1.15. The first kappa shape index (κ1) is 13.9. The number of rotatable bonds is 3. The van der Waals surface area contributed by atoms with E-state index >= 15 is 0 Å². The molecule has 0 aliphatic carbocycles. The number of methoxy groups -OCH3 is 1. The second-order valence-corrected chi connectivity index (χ2v) is 4.62. The SMILES string of the molecule is COC(=O)c1cc2cc(N(C)C)ccc2cc1C(=O)O. The summed E-state index contributed by atoms with van der Waals surface area (Å²) >= 11 is 0. The molecule has 5 nitrogen and oxygen atoms in total. The van der Waals surface area contributed by atoms with Gasteiger partial charge >= 0.3 is 11.9 Å². The normalized spacial score (nSPS) is 10.3. The number of hydrogen-bond acceptors (Lipinski definition) is 4. The molecule has 0 saturated carbocycles. The van der Waals surface area contributed by atoms with E-state index < -0.39 is 11.9 Å². The molecule has 0 radical (unpaired) electrons. The van der Waals surface area contributed by atoms with Crippen molar-refractivity contribution in [2.75, 3.05) is 26.1 Å². The molecule has 0 spiro atoms. The van der Waals surface area contributed by atoms with Crippen LogP contribution < -0.4 is 4.90 Å². The van der Waals surface area contributed by atoms with Crippen molar-refractivity contribution in [3.8, 4) is 0 Å². The summed E-state index contributed by atoms with van der Waals surface area (Å²) in [4.78, 5) is 24.9. The van der Waals surface area contributed by atoms with E-state index in [0.717, 1.165) is 16.5 Å². The largest absolute Gasteiger partial charge is 0.478 e. The number of anilines is 1. The highest BCUT2D eigenvalue weighted by Gasteiger charge is 2.18. The first-order valence-electron chi connectivity index (χ1n) is 6.00. The molecule has 5 heteroatoms. The molecule has 1 N–H and O–H groups in total. The lowest BCUT2D eigenvalue weighted by Crippen LogP contribution is -2.11. The fourth-order valence-corrected chi connectivity index (χ4v) is 2.02. The number of carbonyl (C=O) groups excluding carboxylic acids is 1. The van der Waals surface area contributed by atoms with Crippen LogP contribution in [0.2, 0.25) is 0 Å². The van der Waals surface area contributed by atoms with E-state index in [1.807, 2.05) is 37.2 Å². The fourth-order valence-electron chi connectivity index (χ4n) is 2.02. The molecule has 0 aliphatic heterocycles. The molecule has 0 aliphatic rings. The van der Waals surface area contributed by atoms with Gasteiger partial charge in [0.25, 0.3) is 0 Å². The van der Waals surface area contributed by atoms with Crippen molar-refractivity contribution in [1.82, 2.24) is 0 Å². The molecule has 2 aromatic carbocycles. The van der Waals surface area contributed by atoms with Crippen LogP contribution in [0.3, 0.4) is 0 Å². The van der Waals surface area contributed by atoms with Crippen molar-refractivity contribution in [1.29, 1.82) is 0 Å². The number of esters is 1. The van der Waals surface area contributed by atoms with Crippen molar-refractivity contribution in [3.05, 3.63) is 41.5 Å². The molecule has 20 heavy (non-hydrogen) atoms. The molecule has 104 valence electrons. The molecule has 0 saturated heterocycles. The number of ether oxygens (including phenoxy) is 1. The van der Waals surface area contributed by atoms with Gasteiger partial charge in [-0.2, -0.15) is 0 Å². The van der Waals surface area contributed by atoms with Crippen LogP contribution in [0.15, 0.2) is 30.3 Å². The summed E-state index contributed by atoms with van der Waals surface area (Å²) in [5, 5.41) is 10.8. The van der Waals surface area contributed by atoms with Crippen LogP contribution in [-0.4, -0.2) is 38.3 Å². The number of hydrogen-bond donors (Lipinski definition) is 1. The molecule has 2 rings (SSSR count). The van der Waals surface area contributed by atoms with Crippen molar-refractivity contribution >= 4 is 28.4 Å². The highest BCUT2D eigenvalue weighted by Crippen LogP contribution is 2.25. The molecule has 0 heterocycles. The second kappa shape index (κ2) is 5.21. The molecule has 0 atom stereocenters. The van der Waals surface area contributed by atoms with Gasteiger partial charge in [-0.3, -0.25) is 0 Å². The quantitative estimate of drug-likeness (QED) is 0.870. The van der Waals surface area contributed by atoms with Crippen LogP contribution >= 0.6 is 0 Å². The summed E-state index contributed by atoms with van der Waals surface area (Å²) in [5.74, 6) is -1.80. The van der Waals surface area contributed by atoms with Gasteiger partial charge in [0.1, 0.15) is 0 Å². The first-order valence-corrected chi connectivity index (χ1v) is 6.00. The summed E-state index contributed by atoms with van der Waals surface area (Å²) < 4.78 is 4.64. The molecule has 0 aromatic heterocycles. The van der Waals surface area contributed by atoms with Crippen molar-refractivity contribution in [2.45, 2.75) is 0 Å². The molecule has 0 fully saturated rings. The molecule has 2 aromatic rings. The minimum Gasteiger partial charge on any atom is -0.478 e. The van der Waals surface area contributed by atoms with E-state index in [1.54, 1.807) is 6.07 Å². The summed E-state index contributed by atoms with van der Waals surface area (Å²) in [5.41, 5.74) is 0.974. The Balaban J connectivity index is 2.72.